The molecule has 0 aliphatic carbocycles. The van der Waals surface area contributed by atoms with E-state index < -0.39 is 11.7 Å². The molecular weight excluding hydrogens is 286 g/mol. The quantitative estimate of drug-likeness (QED) is 0.798. The smallest absolute Gasteiger partial charge is 0.324 e. The molecule has 0 saturated heterocycles. The van der Waals surface area contributed by atoms with Crippen LogP contribution >= 0.6 is 24.0 Å². The lowest BCUT2D eigenvalue weighted by molar-refractivity contribution is -0.137. The molecule has 0 heterocycles. The molecule has 18 heavy (non-hydrogen) atoms. The molecule has 0 saturated carbocycles. The van der Waals surface area contributed by atoms with Crippen LogP contribution in [-0.2, 0) is 6.18 Å². The highest BCUT2D eigenvalue weighted by Gasteiger charge is 2.33. The minimum absolute atomic E-state index is 0. The van der Waals surface area contributed by atoms with E-state index in [1.165, 1.54) is 12.1 Å². The number of hydrogen-bond donors (Lipinski definition) is 1. The molecule has 1 atom stereocenters. The summed E-state index contributed by atoms with van der Waals surface area (Å²) in [5.74, 6) is 0. The van der Waals surface area contributed by atoms with Crippen molar-refractivity contribution in [2.75, 3.05) is 0 Å². The highest BCUT2D eigenvalue weighted by Crippen LogP contribution is 2.35. The summed E-state index contributed by atoms with van der Waals surface area (Å²) in [7, 11) is 0. The second-order valence-corrected chi connectivity index (χ2v) is 4.12. The minimum Gasteiger partial charge on any atom is -0.324 e. The molecule has 0 radical (unpaired) electrons. The normalized spacial score (nSPS) is 12.7. The summed E-state index contributed by atoms with van der Waals surface area (Å²) in [5.41, 5.74) is 5.59. The molecule has 0 fully saturated rings. The lowest BCUT2D eigenvalue weighted by Gasteiger charge is -2.14. The van der Waals surface area contributed by atoms with Crippen molar-refractivity contribution in [1.29, 1.82) is 0 Å². The molecule has 0 aliphatic rings. The summed E-state index contributed by atoms with van der Waals surface area (Å²) in [6.07, 6.45) is -1.38. The molecule has 0 bridgehead atoms. The van der Waals surface area contributed by atoms with Gasteiger partial charge in [0.2, 0.25) is 0 Å². The molecule has 0 aliphatic heterocycles. The largest absolute Gasteiger partial charge is 0.417 e. The SMILES string of the molecule is C=CCC[C@H](N)c1ccc(C(F)(F)F)c(Cl)c1.Cl. The second-order valence-electron chi connectivity index (χ2n) is 3.71. The molecule has 102 valence electrons. The average Bonchev–Trinajstić information content (AvgIpc) is 2.23. The summed E-state index contributed by atoms with van der Waals surface area (Å²) in [6, 6.07) is 3.28. The standard InChI is InChI=1S/C12H13ClF3N.ClH/c1-2-3-4-11(17)8-5-6-9(10(13)7-8)12(14,15)16;/h2,5-7,11H,1,3-4,17H2;1H/t11-;/m0./s1. The Morgan fingerprint density at radius 1 is 1.39 bits per heavy atom. The fourth-order valence-corrected chi connectivity index (χ4v) is 1.75. The first-order valence-electron chi connectivity index (χ1n) is 5.09. The molecule has 6 heteroatoms. The minimum atomic E-state index is -4.43. The summed E-state index contributed by atoms with van der Waals surface area (Å²) < 4.78 is 37.4. The molecule has 0 amide bonds. The molecule has 1 aromatic rings. The first kappa shape index (κ1) is 17.3. The third kappa shape index (κ3) is 4.52. The van der Waals surface area contributed by atoms with E-state index in [9.17, 15) is 13.2 Å². The van der Waals surface area contributed by atoms with Crippen LogP contribution in [0.25, 0.3) is 0 Å². The summed E-state index contributed by atoms with van der Waals surface area (Å²) >= 11 is 5.60. The van der Waals surface area contributed by atoms with Crippen LogP contribution in [0.2, 0.25) is 5.02 Å². The Kier molecular flexibility index (Phi) is 6.74. The number of hydrogen-bond acceptors (Lipinski definition) is 1. The first-order chi connectivity index (χ1) is 7.86. The van der Waals surface area contributed by atoms with E-state index in [1.807, 2.05) is 0 Å². The maximum absolute atomic E-state index is 12.5. The van der Waals surface area contributed by atoms with Crippen molar-refractivity contribution >= 4 is 24.0 Å². The molecule has 0 spiro atoms. The number of rotatable bonds is 4. The van der Waals surface area contributed by atoms with E-state index in [2.05, 4.69) is 6.58 Å². The van der Waals surface area contributed by atoms with Crippen molar-refractivity contribution in [2.45, 2.75) is 25.1 Å². The van der Waals surface area contributed by atoms with Crippen molar-refractivity contribution in [2.24, 2.45) is 5.73 Å². The fourth-order valence-electron chi connectivity index (χ4n) is 1.46. The van der Waals surface area contributed by atoms with Crippen molar-refractivity contribution in [3.05, 3.63) is 47.0 Å². The summed E-state index contributed by atoms with van der Waals surface area (Å²) in [5, 5.41) is -0.316. The van der Waals surface area contributed by atoms with E-state index >= 15 is 0 Å². The summed E-state index contributed by atoms with van der Waals surface area (Å²) in [6.45, 7) is 3.56. The Labute approximate surface area is 115 Å². The van der Waals surface area contributed by atoms with Gasteiger partial charge in [0.1, 0.15) is 0 Å². The molecule has 2 N–H and O–H groups in total. The van der Waals surface area contributed by atoms with Gasteiger partial charge in [0.05, 0.1) is 10.6 Å². The predicted octanol–water partition coefficient (Wildman–Crippen LogP) is 4.75. The topological polar surface area (TPSA) is 26.0 Å². The Bertz CT molecular complexity index is 405. The maximum Gasteiger partial charge on any atom is 0.417 e. The van der Waals surface area contributed by atoms with Crippen molar-refractivity contribution in [1.82, 2.24) is 0 Å². The van der Waals surface area contributed by atoms with Gasteiger partial charge in [-0.05, 0) is 30.5 Å². The Morgan fingerprint density at radius 2 is 2.00 bits per heavy atom. The number of benzene rings is 1. The van der Waals surface area contributed by atoms with Crippen LogP contribution in [0.1, 0.15) is 30.0 Å². The summed E-state index contributed by atoms with van der Waals surface area (Å²) in [4.78, 5) is 0. The number of nitrogens with two attached hydrogens (primary N) is 1. The average molecular weight is 300 g/mol. The Hall–Kier alpha value is -0.710. The third-order valence-corrected chi connectivity index (χ3v) is 2.72. The molecule has 0 aromatic heterocycles. The monoisotopic (exact) mass is 299 g/mol. The second kappa shape index (κ2) is 7.02. The highest BCUT2D eigenvalue weighted by atomic mass is 35.5. The van der Waals surface area contributed by atoms with Crippen molar-refractivity contribution in [3.8, 4) is 0 Å². The zero-order valence-electron chi connectivity index (χ0n) is 9.51. The van der Waals surface area contributed by atoms with Gasteiger partial charge in [0.25, 0.3) is 0 Å². The van der Waals surface area contributed by atoms with Crippen LogP contribution in [-0.4, -0.2) is 0 Å². The van der Waals surface area contributed by atoms with Gasteiger partial charge >= 0.3 is 6.18 Å². The number of halogens is 5. The van der Waals surface area contributed by atoms with Gasteiger partial charge in [-0.15, -0.1) is 19.0 Å². The van der Waals surface area contributed by atoms with E-state index in [1.54, 1.807) is 6.08 Å². The van der Waals surface area contributed by atoms with Gasteiger partial charge in [0, 0.05) is 6.04 Å². The highest BCUT2D eigenvalue weighted by molar-refractivity contribution is 6.31. The van der Waals surface area contributed by atoms with Gasteiger partial charge in [-0.3, -0.25) is 0 Å². The van der Waals surface area contributed by atoms with Crippen molar-refractivity contribution in [3.63, 3.8) is 0 Å². The van der Waals surface area contributed by atoms with E-state index in [0.29, 0.717) is 18.4 Å². The van der Waals surface area contributed by atoms with Gasteiger partial charge in [-0.25, -0.2) is 0 Å². The van der Waals surface area contributed by atoms with E-state index in [0.717, 1.165) is 6.07 Å². The molecular formula is C12H14Cl2F3N. The third-order valence-electron chi connectivity index (χ3n) is 2.41. The van der Waals surface area contributed by atoms with Crippen molar-refractivity contribution < 1.29 is 13.2 Å². The zero-order chi connectivity index (χ0) is 13.1. The number of alkyl halides is 3. The van der Waals surface area contributed by atoms with E-state index in [4.69, 9.17) is 17.3 Å². The maximum atomic E-state index is 12.5. The van der Waals surface area contributed by atoms with E-state index in [-0.39, 0.29) is 23.5 Å². The van der Waals surface area contributed by atoms with Gasteiger partial charge < -0.3 is 5.73 Å². The Morgan fingerprint density at radius 3 is 2.44 bits per heavy atom. The Balaban J connectivity index is 0.00000289. The van der Waals surface area contributed by atoms with Crippen LogP contribution < -0.4 is 5.73 Å². The van der Waals surface area contributed by atoms with Crippen LogP contribution in [0, 0.1) is 0 Å². The van der Waals surface area contributed by atoms with Crippen LogP contribution in [0.15, 0.2) is 30.9 Å². The van der Waals surface area contributed by atoms with Crippen LogP contribution in [0.3, 0.4) is 0 Å². The molecule has 1 rings (SSSR count). The lowest BCUT2D eigenvalue weighted by atomic mass is 10.0. The molecule has 1 aromatic carbocycles. The van der Waals surface area contributed by atoms with Crippen LogP contribution in [0.5, 0.6) is 0 Å². The zero-order valence-corrected chi connectivity index (χ0v) is 11.1. The fraction of sp³-hybridized carbons (Fsp3) is 0.333. The molecule has 0 unspecified atom stereocenters. The van der Waals surface area contributed by atoms with Gasteiger partial charge in [-0.2, -0.15) is 13.2 Å². The van der Waals surface area contributed by atoms with Gasteiger partial charge in [0.15, 0.2) is 0 Å². The van der Waals surface area contributed by atoms with Crippen LogP contribution in [0.4, 0.5) is 13.2 Å². The predicted molar refractivity (Wildman–Crippen MR) is 70.1 cm³/mol. The molecule has 1 nitrogen and oxygen atoms in total. The van der Waals surface area contributed by atoms with Gasteiger partial charge in [-0.1, -0.05) is 23.7 Å². The first-order valence-corrected chi connectivity index (χ1v) is 5.47. The lowest BCUT2D eigenvalue weighted by Crippen LogP contribution is -2.11. The number of allylic oxidation sites excluding steroid dienone is 1.